The summed E-state index contributed by atoms with van der Waals surface area (Å²) in [5, 5.41) is 3.23. The van der Waals surface area contributed by atoms with Crippen molar-refractivity contribution < 1.29 is 0 Å². The third-order valence-corrected chi connectivity index (χ3v) is 5.65. The molecule has 0 radical (unpaired) electrons. The van der Waals surface area contributed by atoms with Crippen molar-refractivity contribution in [3.05, 3.63) is 94.3 Å². The standard InChI is InChI=1S/C26H33N3O/c1-3-22-11-13-23(14-12-22)18-21(2)15-17-27-16-7-8-24-19-26(30)29(20-28-24)25-9-5-4-6-10-25/h7-8,11-15,17,19-20,25,27H,2-6,9-10,16,18H2,1H3/b8-7+,17-15+. The monoisotopic (exact) mass is 403 g/mol. The van der Waals surface area contributed by atoms with Crippen LogP contribution in [0.1, 0.15) is 61.9 Å². The molecule has 2 aromatic rings. The molecule has 1 saturated carbocycles. The van der Waals surface area contributed by atoms with Gasteiger partial charge < -0.3 is 5.32 Å². The first-order valence-corrected chi connectivity index (χ1v) is 11.1. The van der Waals surface area contributed by atoms with E-state index in [1.165, 1.54) is 30.4 Å². The van der Waals surface area contributed by atoms with Crippen LogP contribution in [0, 0.1) is 0 Å². The van der Waals surface area contributed by atoms with Crippen LogP contribution < -0.4 is 10.9 Å². The Morgan fingerprint density at radius 2 is 1.93 bits per heavy atom. The van der Waals surface area contributed by atoms with Crippen LogP contribution in [0.15, 0.2) is 72.0 Å². The molecular formula is C26H33N3O. The highest BCUT2D eigenvalue weighted by molar-refractivity contribution is 5.43. The summed E-state index contributed by atoms with van der Waals surface area (Å²) >= 11 is 0. The van der Waals surface area contributed by atoms with Crippen LogP contribution in [-0.2, 0) is 12.8 Å². The molecule has 0 amide bonds. The predicted octanol–water partition coefficient (Wildman–Crippen LogP) is 5.23. The van der Waals surface area contributed by atoms with Gasteiger partial charge >= 0.3 is 0 Å². The molecule has 4 heteroatoms. The average molecular weight is 404 g/mol. The van der Waals surface area contributed by atoms with Gasteiger partial charge in [-0.3, -0.25) is 9.36 Å². The maximum absolute atomic E-state index is 12.4. The number of hydrogen-bond acceptors (Lipinski definition) is 3. The van der Waals surface area contributed by atoms with Gasteiger partial charge in [0.15, 0.2) is 0 Å². The van der Waals surface area contributed by atoms with Crippen molar-refractivity contribution in [3.8, 4) is 0 Å². The van der Waals surface area contributed by atoms with Crippen LogP contribution in [0.5, 0.6) is 0 Å². The third-order valence-electron chi connectivity index (χ3n) is 5.65. The second-order valence-electron chi connectivity index (χ2n) is 8.00. The normalized spacial score (nSPS) is 15.1. The Balaban J connectivity index is 1.42. The highest BCUT2D eigenvalue weighted by Crippen LogP contribution is 2.26. The van der Waals surface area contributed by atoms with Crippen molar-refractivity contribution in [3.63, 3.8) is 0 Å². The second-order valence-corrected chi connectivity index (χ2v) is 8.00. The zero-order valence-corrected chi connectivity index (χ0v) is 18.0. The van der Waals surface area contributed by atoms with E-state index in [0.29, 0.717) is 18.3 Å². The van der Waals surface area contributed by atoms with Gasteiger partial charge in [-0.25, -0.2) is 4.98 Å². The number of nitrogens with zero attached hydrogens (tertiary/aromatic N) is 2. The smallest absolute Gasteiger partial charge is 0.254 e. The molecule has 0 saturated heterocycles. The van der Waals surface area contributed by atoms with Gasteiger partial charge in [0.25, 0.3) is 5.56 Å². The summed E-state index contributed by atoms with van der Waals surface area (Å²) in [6.45, 7) is 6.96. The molecule has 0 unspecified atom stereocenters. The Bertz CT molecular complexity index is 931. The molecule has 1 aliphatic rings. The predicted molar refractivity (Wildman–Crippen MR) is 125 cm³/mol. The fourth-order valence-electron chi connectivity index (χ4n) is 3.86. The topological polar surface area (TPSA) is 46.9 Å². The molecule has 1 fully saturated rings. The fraction of sp³-hybridized carbons (Fsp3) is 0.385. The molecule has 0 atom stereocenters. The fourth-order valence-corrected chi connectivity index (χ4v) is 3.86. The van der Waals surface area contributed by atoms with E-state index in [4.69, 9.17) is 0 Å². The van der Waals surface area contributed by atoms with Gasteiger partial charge in [0.05, 0.1) is 12.0 Å². The maximum Gasteiger partial charge on any atom is 0.254 e. The van der Waals surface area contributed by atoms with Crippen LogP contribution in [-0.4, -0.2) is 16.1 Å². The zero-order valence-electron chi connectivity index (χ0n) is 18.0. The number of hydrogen-bond donors (Lipinski definition) is 1. The summed E-state index contributed by atoms with van der Waals surface area (Å²) in [4.78, 5) is 16.8. The second kappa shape index (κ2) is 11.3. The van der Waals surface area contributed by atoms with E-state index in [9.17, 15) is 4.79 Å². The lowest BCUT2D eigenvalue weighted by Crippen LogP contribution is -2.26. The first-order valence-electron chi connectivity index (χ1n) is 11.1. The van der Waals surface area contributed by atoms with Crippen LogP contribution in [0.25, 0.3) is 6.08 Å². The minimum absolute atomic E-state index is 0.0488. The molecule has 158 valence electrons. The van der Waals surface area contributed by atoms with Crippen molar-refractivity contribution >= 4 is 6.08 Å². The Labute approximate surface area is 180 Å². The van der Waals surface area contributed by atoms with Crippen LogP contribution >= 0.6 is 0 Å². The van der Waals surface area contributed by atoms with Gasteiger partial charge in [-0.1, -0.05) is 63.1 Å². The number of aryl methyl sites for hydroxylation is 1. The molecule has 1 aromatic carbocycles. The van der Waals surface area contributed by atoms with E-state index >= 15 is 0 Å². The molecule has 1 N–H and O–H groups in total. The Morgan fingerprint density at radius 1 is 1.20 bits per heavy atom. The van der Waals surface area contributed by atoms with Gasteiger partial charge in [-0.2, -0.15) is 0 Å². The Hall–Kier alpha value is -2.88. The summed E-state index contributed by atoms with van der Waals surface area (Å²) < 4.78 is 1.80. The largest absolute Gasteiger partial charge is 0.387 e. The van der Waals surface area contributed by atoms with Gasteiger partial charge in [-0.15, -0.1) is 0 Å². The van der Waals surface area contributed by atoms with Crippen molar-refractivity contribution in [1.82, 2.24) is 14.9 Å². The molecule has 1 aromatic heterocycles. The Kier molecular flexibility index (Phi) is 8.25. The van der Waals surface area contributed by atoms with Crippen molar-refractivity contribution in [2.45, 2.75) is 57.9 Å². The number of rotatable bonds is 9. The van der Waals surface area contributed by atoms with E-state index in [1.54, 1.807) is 17.0 Å². The molecule has 0 spiro atoms. The van der Waals surface area contributed by atoms with Crippen LogP contribution in [0.2, 0.25) is 0 Å². The SMILES string of the molecule is C=C(/C=C/NC/C=C/c1cc(=O)n(C2CCCCC2)cn1)Cc1ccc(CC)cc1. The lowest BCUT2D eigenvalue weighted by Gasteiger charge is -2.23. The van der Waals surface area contributed by atoms with E-state index in [1.807, 2.05) is 24.4 Å². The number of benzene rings is 1. The van der Waals surface area contributed by atoms with Crippen molar-refractivity contribution in [2.75, 3.05) is 6.54 Å². The lowest BCUT2D eigenvalue weighted by molar-refractivity contribution is 0.343. The van der Waals surface area contributed by atoms with Crippen LogP contribution in [0.4, 0.5) is 0 Å². The maximum atomic E-state index is 12.4. The summed E-state index contributed by atoms with van der Waals surface area (Å²) in [5.74, 6) is 0. The summed E-state index contributed by atoms with van der Waals surface area (Å²) in [6.07, 6.45) is 17.3. The van der Waals surface area contributed by atoms with E-state index in [-0.39, 0.29) is 5.56 Å². The van der Waals surface area contributed by atoms with Crippen molar-refractivity contribution in [2.24, 2.45) is 0 Å². The summed E-state index contributed by atoms with van der Waals surface area (Å²) in [5.41, 5.74) is 4.44. The molecule has 0 aliphatic heterocycles. The molecule has 1 aliphatic carbocycles. The quantitative estimate of drug-likeness (QED) is 0.461. The molecule has 0 bridgehead atoms. The van der Waals surface area contributed by atoms with Crippen LogP contribution in [0.3, 0.4) is 0 Å². The third kappa shape index (κ3) is 6.58. The molecule has 3 rings (SSSR count). The first kappa shape index (κ1) is 21.8. The average Bonchev–Trinajstić information content (AvgIpc) is 2.77. The van der Waals surface area contributed by atoms with E-state index in [0.717, 1.165) is 31.3 Å². The van der Waals surface area contributed by atoms with Gasteiger partial charge in [0.1, 0.15) is 0 Å². The highest BCUT2D eigenvalue weighted by atomic mass is 16.1. The van der Waals surface area contributed by atoms with Gasteiger partial charge in [0.2, 0.25) is 0 Å². The summed E-state index contributed by atoms with van der Waals surface area (Å²) in [6, 6.07) is 10.6. The molecule has 1 heterocycles. The van der Waals surface area contributed by atoms with E-state index < -0.39 is 0 Å². The van der Waals surface area contributed by atoms with Gasteiger partial charge in [0, 0.05) is 18.7 Å². The molecular weight excluding hydrogens is 370 g/mol. The van der Waals surface area contributed by atoms with Crippen molar-refractivity contribution in [1.29, 1.82) is 0 Å². The lowest BCUT2D eigenvalue weighted by atomic mass is 9.95. The number of aromatic nitrogens is 2. The number of allylic oxidation sites excluding steroid dienone is 2. The highest BCUT2D eigenvalue weighted by Gasteiger charge is 2.16. The minimum Gasteiger partial charge on any atom is -0.387 e. The molecule has 30 heavy (non-hydrogen) atoms. The molecule has 4 nitrogen and oxygen atoms in total. The Morgan fingerprint density at radius 3 is 2.63 bits per heavy atom. The summed E-state index contributed by atoms with van der Waals surface area (Å²) in [7, 11) is 0. The van der Waals surface area contributed by atoms with E-state index in [2.05, 4.69) is 48.1 Å². The minimum atomic E-state index is 0.0488. The van der Waals surface area contributed by atoms with Gasteiger partial charge in [-0.05, 0) is 60.7 Å². The first-order chi connectivity index (χ1) is 14.7. The zero-order chi connectivity index (χ0) is 21.2. The number of nitrogens with one attached hydrogen (secondary N) is 1.